The first-order valence-corrected chi connectivity index (χ1v) is 9.28. The normalized spacial score (nSPS) is 21.3. The number of aromatic amines is 1. The van der Waals surface area contributed by atoms with Crippen molar-refractivity contribution < 1.29 is 4.79 Å². The van der Waals surface area contributed by atoms with E-state index in [0.29, 0.717) is 6.54 Å². The molecule has 0 saturated carbocycles. The lowest BCUT2D eigenvalue weighted by molar-refractivity contribution is 0.0775. The predicted molar refractivity (Wildman–Crippen MR) is 96.4 cm³/mol. The third kappa shape index (κ3) is 3.40. The molecule has 2 saturated heterocycles. The number of H-pyrrole nitrogens is 1. The number of nitrogens with one attached hydrogen (secondary N) is 1. The van der Waals surface area contributed by atoms with E-state index in [1.807, 2.05) is 18.2 Å². The zero-order valence-electron chi connectivity index (χ0n) is 14.3. The number of fused-ring (bicyclic) bond motifs is 1. The van der Waals surface area contributed by atoms with E-state index in [0.717, 1.165) is 35.6 Å². The average molecular weight is 324 g/mol. The number of hydrogen-bond donors (Lipinski definition) is 1. The molecule has 1 radical (unpaired) electrons. The van der Waals surface area contributed by atoms with Crippen LogP contribution in [-0.4, -0.2) is 59.3 Å². The quantitative estimate of drug-likeness (QED) is 0.879. The third-order valence-electron chi connectivity index (χ3n) is 5.63. The van der Waals surface area contributed by atoms with Gasteiger partial charge in [0, 0.05) is 47.9 Å². The molecule has 4 rings (SSSR count). The van der Waals surface area contributed by atoms with Crippen LogP contribution in [-0.2, 0) is 0 Å². The van der Waals surface area contributed by atoms with Gasteiger partial charge in [0.1, 0.15) is 0 Å². The Balaban J connectivity index is 1.32. The fraction of sp³-hybridized carbons (Fsp3) is 0.550. The van der Waals surface area contributed by atoms with Crippen molar-refractivity contribution in [3.05, 3.63) is 36.0 Å². The largest absolute Gasteiger partial charge is 0.361 e. The second-order valence-corrected chi connectivity index (χ2v) is 7.22. The zero-order chi connectivity index (χ0) is 16.4. The van der Waals surface area contributed by atoms with Gasteiger partial charge in [0.2, 0.25) is 0 Å². The van der Waals surface area contributed by atoms with Crippen LogP contribution in [0.3, 0.4) is 0 Å². The van der Waals surface area contributed by atoms with Gasteiger partial charge in [-0.15, -0.1) is 0 Å². The van der Waals surface area contributed by atoms with Crippen molar-refractivity contribution in [2.24, 2.45) is 0 Å². The van der Waals surface area contributed by atoms with E-state index in [2.05, 4.69) is 20.9 Å². The van der Waals surface area contributed by atoms with E-state index in [9.17, 15) is 4.79 Å². The van der Waals surface area contributed by atoms with E-state index < -0.39 is 0 Å². The molecule has 4 nitrogen and oxygen atoms in total. The first-order chi connectivity index (χ1) is 11.8. The van der Waals surface area contributed by atoms with E-state index >= 15 is 0 Å². The SMILES string of the molecule is O=C(CN1CCC(N2CCCCC2)CC1)c1ccc2[c]c[nH]c2c1. The average Bonchev–Trinajstić information content (AvgIpc) is 3.11. The molecule has 0 atom stereocenters. The highest BCUT2D eigenvalue weighted by atomic mass is 16.1. The number of rotatable bonds is 4. The van der Waals surface area contributed by atoms with Crippen LogP contribution < -0.4 is 0 Å². The lowest BCUT2D eigenvalue weighted by atomic mass is 9.99. The van der Waals surface area contributed by atoms with Crippen LogP contribution in [0.5, 0.6) is 0 Å². The second kappa shape index (κ2) is 7.08. The molecule has 1 aromatic heterocycles. The summed E-state index contributed by atoms with van der Waals surface area (Å²) in [5.74, 6) is 0.225. The van der Waals surface area contributed by atoms with Gasteiger partial charge in [0.05, 0.1) is 6.54 Å². The number of hydrogen-bond acceptors (Lipinski definition) is 3. The van der Waals surface area contributed by atoms with Crippen molar-refractivity contribution in [2.45, 2.75) is 38.1 Å². The van der Waals surface area contributed by atoms with Crippen LogP contribution in [0.15, 0.2) is 24.4 Å². The van der Waals surface area contributed by atoms with Gasteiger partial charge in [-0.3, -0.25) is 9.69 Å². The molecule has 0 bridgehead atoms. The van der Waals surface area contributed by atoms with Gasteiger partial charge in [0.15, 0.2) is 5.78 Å². The Labute approximate surface area is 143 Å². The van der Waals surface area contributed by atoms with Crippen LogP contribution in [0.2, 0.25) is 0 Å². The minimum absolute atomic E-state index is 0.225. The van der Waals surface area contributed by atoms with Gasteiger partial charge in [0.25, 0.3) is 0 Å². The summed E-state index contributed by atoms with van der Waals surface area (Å²) in [4.78, 5) is 20.7. The van der Waals surface area contributed by atoms with Crippen molar-refractivity contribution in [3.8, 4) is 0 Å². The fourth-order valence-electron chi connectivity index (χ4n) is 4.18. The number of ketones is 1. The maximum atomic E-state index is 12.6. The highest BCUT2D eigenvalue weighted by Gasteiger charge is 2.26. The molecule has 0 unspecified atom stereocenters. The van der Waals surface area contributed by atoms with Gasteiger partial charge < -0.3 is 9.88 Å². The van der Waals surface area contributed by atoms with Gasteiger partial charge >= 0.3 is 0 Å². The predicted octanol–water partition coefficient (Wildman–Crippen LogP) is 3.10. The van der Waals surface area contributed by atoms with Crippen molar-refractivity contribution >= 4 is 16.7 Å². The summed E-state index contributed by atoms with van der Waals surface area (Å²) < 4.78 is 0. The minimum Gasteiger partial charge on any atom is -0.361 e. The molecule has 1 N–H and O–H groups in total. The summed E-state index contributed by atoms with van der Waals surface area (Å²) in [7, 11) is 0. The summed E-state index contributed by atoms with van der Waals surface area (Å²) >= 11 is 0. The molecule has 4 heteroatoms. The van der Waals surface area contributed by atoms with Crippen molar-refractivity contribution in [2.75, 3.05) is 32.7 Å². The van der Waals surface area contributed by atoms with Crippen molar-refractivity contribution in [1.82, 2.24) is 14.8 Å². The van der Waals surface area contributed by atoms with E-state index in [-0.39, 0.29) is 5.78 Å². The highest BCUT2D eigenvalue weighted by molar-refractivity contribution is 6.00. The zero-order valence-corrected chi connectivity index (χ0v) is 14.3. The highest BCUT2D eigenvalue weighted by Crippen LogP contribution is 2.21. The Kier molecular flexibility index (Phi) is 4.67. The number of carbonyl (C=O) groups excluding carboxylic acids is 1. The molecule has 2 aliphatic rings. The van der Waals surface area contributed by atoms with E-state index in [4.69, 9.17) is 0 Å². The smallest absolute Gasteiger partial charge is 0.176 e. The van der Waals surface area contributed by atoms with Gasteiger partial charge in [-0.25, -0.2) is 0 Å². The molecule has 0 spiro atoms. The lowest BCUT2D eigenvalue weighted by Crippen LogP contribution is -2.47. The van der Waals surface area contributed by atoms with Gasteiger partial charge in [-0.1, -0.05) is 18.6 Å². The lowest BCUT2D eigenvalue weighted by Gasteiger charge is -2.40. The first kappa shape index (κ1) is 15.9. The van der Waals surface area contributed by atoms with Crippen LogP contribution in [0.1, 0.15) is 42.5 Å². The Hall–Kier alpha value is -1.65. The van der Waals surface area contributed by atoms with Crippen LogP contribution in [0, 0.1) is 6.07 Å². The summed E-state index contributed by atoms with van der Waals surface area (Å²) in [6.07, 6.45) is 8.32. The molecule has 1 aromatic carbocycles. The molecule has 2 aliphatic heterocycles. The van der Waals surface area contributed by atoms with E-state index in [1.165, 1.54) is 45.2 Å². The number of aromatic nitrogens is 1. The van der Waals surface area contributed by atoms with Gasteiger partial charge in [-0.2, -0.15) is 0 Å². The number of Topliss-reactive ketones (excluding diaryl/α,β-unsaturated/α-hetero) is 1. The summed E-state index contributed by atoms with van der Waals surface area (Å²) in [6.45, 7) is 5.19. The van der Waals surface area contributed by atoms with Crippen molar-refractivity contribution in [3.63, 3.8) is 0 Å². The standard InChI is InChI=1S/C20H26N3O/c24-20(17-5-4-16-6-9-21-19(16)14-17)15-22-12-7-18(8-13-22)23-10-2-1-3-11-23/h4-5,9,14,18,21H,1-3,7-8,10-13,15H2. The Bertz CT molecular complexity index is 694. The molecule has 0 aliphatic carbocycles. The van der Waals surface area contributed by atoms with E-state index in [1.54, 1.807) is 6.20 Å². The van der Waals surface area contributed by atoms with Gasteiger partial charge in [-0.05, 0) is 44.8 Å². The third-order valence-corrected chi connectivity index (χ3v) is 5.63. The molecule has 2 fully saturated rings. The molecular weight excluding hydrogens is 298 g/mol. The molecule has 0 amide bonds. The maximum absolute atomic E-state index is 12.6. The number of likely N-dealkylation sites (tertiary alicyclic amines) is 2. The number of nitrogens with zero attached hydrogens (tertiary/aromatic N) is 2. The minimum atomic E-state index is 0.225. The summed E-state index contributed by atoms with van der Waals surface area (Å²) in [5, 5.41) is 1.04. The first-order valence-electron chi connectivity index (χ1n) is 9.28. The molecule has 24 heavy (non-hydrogen) atoms. The molecule has 2 aromatic rings. The second-order valence-electron chi connectivity index (χ2n) is 7.22. The van der Waals surface area contributed by atoms with Crippen LogP contribution in [0.25, 0.3) is 10.9 Å². The topological polar surface area (TPSA) is 39.3 Å². The molecular formula is C20H26N3O. The number of benzene rings is 1. The summed E-state index contributed by atoms with van der Waals surface area (Å²) in [5.41, 5.74) is 1.79. The fourth-order valence-corrected chi connectivity index (χ4v) is 4.18. The maximum Gasteiger partial charge on any atom is 0.176 e. The Morgan fingerprint density at radius 1 is 1.12 bits per heavy atom. The van der Waals surface area contributed by atoms with Crippen molar-refractivity contribution in [1.29, 1.82) is 0 Å². The summed E-state index contributed by atoms with van der Waals surface area (Å²) in [6, 6.07) is 9.71. The number of carbonyl (C=O) groups is 1. The number of piperidine rings is 2. The van der Waals surface area contributed by atoms with Crippen LogP contribution >= 0.6 is 0 Å². The monoisotopic (exact) mass is 324 g/mol. The van der Waals surface area contributed by atoms with Crippen LogP contribution in [0.4, 0.5) is 0 Å². The molecule has 127 valence electrons. The Morgan fingerprint density at radius 3 is 2.71 bits per heavy atom. The molecule has 3 heterocycles. The Morgan fingerprint density at radius 2 is 1.92 bits per heavy atom.